The molecule has 0 aliphatic carbocycles. The average molecular weight is 703 g/mol. The van der Waals surface area contributed by atoms with Crippen LogP contribution in [0.25, 0.3) is 0 Å². The van der Waals surface area contributed by atoms with E-state index in [1.807, 2.05) is 0 Å². The van der Waals surface area contributed by atoms with Gasteiger partial charge in [-0.3, -0.25) is 22.8 Å². The van der Waals surface area contributed by atoms with Crippen LogP contribution in [0.3, 0.4) is 0 Å². The summed E-state index contributed by atoms with van der Waals surface area (Å²) in [4.78, 5) is 40.1. The van der Waals surface area contributed by atoms with Crippen LogP contribution in [0, 0.1) is 23.3 Å². The minimum atomic E-state index is -2.56. The maximum absolute atomic E-state index is 15.6. The summed E-state index contributed by atoms with van der Waals surface area (Å²) in [6, 6.07) is 15.8. The van der Waals surface area contributed by atoms with Gasteiger partial charge in [-0.05, 0) is 59.7 Å². The SMILES string of the molecule is O=C(NCC(C(=O)C(CNC(=O)c1cccc(F)c1)c1ccc(CS(=O)[O-])cc1F)c1ccc(CS(=O)[O-])cc1F)c1cccc(F)c1. The molecule has 0 saturated heterocycles. The lowest BCUT2D eigenvalue weighted by Crippen LogP contribution is -2.38. The van der Waals surface area contributed by atoms with Crippen molar-refractivity contribution in [3.05, 3.63) is 142 Å². The predicted molar refractivity (Wildman–Crippen MR) is 166 cm³/mol. The van der Waals surface area contributed by atoms with Gasteiger partial charge in [0.25, 0.3) is 11.8 Å². The van der Waals surface area contributed by atoms with Gasteiger partial charge in [-0.25, -0.2) is 17.6 Å². The lowest BCUT2D eigenvalue weighted by Gasteiger charge is -2.25. The van der Waals surface area contributed by atoms with Crippen molar-refractivity contribution in [1.82, 2.24) is 10.6 Å². The molecule has 4 aromatic rings. The van der Waals surface area contributed by atoms with E-state index >= 15 is 8.78 Å². The van der Waals surface area contributed by atoms with Crippen LogP contribution >= 0.6 is 0 Å². The van der Waals surface area contributed by atoms with Gasteiger partial charge in [0.05, 0.1) is 11.8 Å². The fraction of sp³-hybridized carbons (Fsp3) is 0.182. The molecule has 9 nitrogen and oxygen atoms in total. The summed E-state index contributed by atoms with van der Waals surface area (Å²) in [5, 5.41) is 4.89. The van der Waals surface area contributed by atoms with Gasteiger partial charge in [0, 0.05) is 46.8 Å². The number of carbonyl (C=O) groups excluding carboxylic acids is 3. The summed E-state index contributed by atoms with van der Waals surface area (Å²) in [7, 11) is 0. The minimum Gasteiger partial charge on any atom is -0.772 e. The molecule has 0 heterocycles. The van der Waals surface area contributed by atoms with Crippen molar-refractivity contribution in [3.8, 4) is 0 Å². The standard InChI is InChI=1S/C33H28F4N2O7S2/c34-23-5-1-3-21(13-23)32(41)38-15-27(25-9-7-19(11-29(25)36)17-47(43)44)31(40)28(16-39-33(42)22-4-2-6-24(35)14-22)26-10-8-20(12-30(26)37)18-48(45)46/h1-14,27-28H,15-18H2,(H,38,41)(H,39,42)(H,43,44)(H,45,46)/p-2. The third-order valence-corrected chi connectivity index (χ3v) is 8.38. The zero-order chi connectivity index (χ0) is 35.0. The molecule has 0 aromatic heterocycles. The van der Waals surface area contributed by atoms with Crippen molar-refractivity contribution < 1.29 is 49.5 Å². The Bertz CT molecular complexity index is 1760. The first kappa shape index (κ1) is 36.3. The Morgan fingerprint density at radius 2 is 1.00 bits per heavy atom. The fourth-order valence-corrected chi connectivity index (χ4v) is 5.89. The van der Waals surface area contributed by atoms with Gasteiger partial charge >= 0.3 is 0 Å². The largest absolute Gasteiger partial charge is 0.772 e. The lowest BCUT2D eigenvalue weighted by atomic mass is 9.82. The molecule has 0 fully saturated rings. The molecule has 2 N–H and O–H groups in total. The van der Waals surface area contributed by atoms with Gasteiger partial charge < -0.3 is 19.7 Å². The number of carbonyl (C=O) groups is 3. The van der Waals surface area contributed by atoms with Crippen molar-refractivity contribution in [2.75, 3.05) is 13.1 Å². The molecule has 48 heavy (non-hydrogen) atoms. The second kappa shape index (κ2) is 16.5. The number of Topliss-reactive ketones (excluding diaryl/α,β-unsaturated/α-hetero) is 1. The first-order valence-electron chi connectivity index (χ1n) is 14.1. The third kappa shape index (κ3) is 9.73. The Hall–Kier alpha value is -4.57. The van der Waals surface area contributed by atoms with Crippen LogP contribution in [-0.4, -0.2) is 48.2 Å². The quantitative estimate of drug-likeness (QED) is 0.147. The molecule has 0 bridgehead atoms. The molecule has 252 valence electrons. The number of hydrogen-bond acceptors (Lipinski definition) is 7. The second-order valence-corrected chi connectivity index (χ2v) is 12.3. The van der Waals surface area contributed by atoms with Gasteiger partial charge in [-0.15, -0.1) is 0 Å². The summed E-state index contributed by atoms with van der Waals surface area (Å²) in [6.45, 7) is -1.19. The van der Waals surface area contributed by atoms with Crippen molar-refractivity contribution in [2.24, 2.45) is 0 Å². The highest BCUT2D eigenvalue weighted by Crippen LogP contribution is 2.31. The van der Waals surface area contributed by atoms with E-state index in [1.54, 1.807) is 0 Å². The van der Waals surface area contributed by atoms with Crippen LogP contribution < -0.4 is 10.6 Å². The summed E-state index contributed by atoms with van der Waals surface area (Å²) in [5.74, 6) is -10.3. The molecule has 0 aliphatic heterocycles. The van der Waals surface area contributed by atoms with Crippen LogP contribution in [-0.2, 0) is 38.5 Å². The van der Waals surface area contributed by atoms with Crippen LogP contribution in [0.15, 0.2) is 84.9 Å². The first-order valence-corrected chi connectivity index (χ1v) is 16.6. The Morgan fingerprint density at radius 1 is 0.604 bits per heavy atom. The van der Waals surface area contributed by atoms with Crippen LogP contribution in [0.2, 0.25) is 0 Å². The molecule has 4 aromatic carbocycles. The maximum atomic E-state index is 15.6. The van der Waals surface area contributed by atoms with Gasteiger partial charge in [0.1, 0.15) is 23.3 Å². The average Bonchev–Trinajstić information content (AvgIpc) is 3.02. The van der Waals surface area contributed by atoms with E-state index in [1.165, 1.54) is 36.4 Å². The van der Waals surface area contributed by atoms with Crippen LogP contribution in [0.5, 0.6) is 0 Å². The van der Waals surface area contributed by atoms with Gasteiger partial charge in [0.2, 0.25) is 0 Å². The molecule has 0 aliphatic rings. The predicted octanol–water partition coefficient (Wildman–Crippen LogP) is 4.30. The Balaban J connectivity index is 1.75. The fourth-order valence-electron chi connectivity index (χ4n) is 4.98. The molecule has 0 spiro atoms. The molecule has 15 heteroatoms. The summed E-state index contributed by atoms with van der Waals surface area (Å²) in [5.41, 5.74) is -0.746. The first-order chi connectivity index (χ1) is 22.8. The van der Waals surface area contributed by atoms with E-state index in [2.05, 4.69) is 10.6 Å². The summed E-state index contributed by atoms with van der Waals surface area (Å²) < 4.78 is 103. The van der Waals surface area contributed by atoms with Crippen molar-refractivity contribution in [1.29, 1.82) is 0 Å². The van der Waals surface area contributed by atoms with E-state index in [0.717, 1.165) is 48.5 Å². The van der Waals surface area contributed by atoms with E-state index in [9.17, 15) is 40.7 Å². The number of hydrogen-bond donors (Lipinski definition) is 2. The highest BCUT2D eigenvalue weighted by Gasteiger charge is 2.34. The van der Waals surface area contributed by atoms with E-state index < -0.39 is 99.5 Å². The van der Waals surface area contributed by atoms with E-state index in [0.29, 0.717) is 0 Å². The number of nitrogens with one attached hydrogen (secondary N) is 2. The third-order valence-electron chi connectivity index (χ3n) is 7.24. The highest BCUT2D eigenvalue weighted by molar-refractivity contribution is 7.78. The Labute approximate surface area is 277 Å². The van der Waals surface area contributed by atoms with E-state index in [-0.39, 0.29) is 33.4 Å². The van der Waals surface area contributed by atoms with Crippen molar-refractivity contribution >= 4 is 39.8 Å². The van der Waals surface area contributed by atoms with Crippen LogP contribution in [0.4, 0.5) is 17.6 Å². The molecular formula is C33H26F4N2O7S2-2. The molecule has 4 rings (SSSR count). The second-order valence-electron chi connectivity index (χ2n) is 10.6. The number of ketones is 1. The molecule has 2 amide bonds. The molecule has 4 unspecified atom stereocenters. The number of halogens is 4. The topological polar surface area (TPSA) is 156 Å². The summed E-state index contributed by atoms with van der Waals surface area (Å²) in [6.07, 6.45) is 0. The zero-order valence-electron chi connectivity index (χ0n) is 24.8. The molecule has 4 atom stereocenters. The van der Waals surface area contributed by atoms with Gasteiger partial charge in [-0.1, -0.05) is 58.6 Å². The molecule has 0 saturated carbocycles. The van der Waals surface area contributed by atoms with E-state index in [4.69, 9.17) is 0 Å². The maximum Gasteiger partial charge on any atom is 0.251 e. The zero-order valence-corrected chi connectivity index (χ0v) is 26.4. The lowest BCUT2D eigenvalue weighted by molar-refractivity contribution is -0.121. The van der Waals surface area contributed by atoms with Crippen molar-refractivity contribution in [3.63, 3.8) is 0 Å². The highest BCUT2D eigenvalue weighted by atomic mass is 32.2. The van der Waals surface area contributed by atoms with Gasteiger partial charge in [0.15, 0.2) is 5.78 Å². The number of amides is 2. The molecule has 0 radical (unpaired) electrons. The Kier molecular flexibility index (Phi) is 12.5. The Morgan fingerprint density at radius 3 is 1.33 bits per heavy atom. The smallest absolute Gasteiger partial charge is 0.251 e. The molecular weight excluding hydrogens is 676 g/mol. The van der Waals surface area contributed by atoms with Crippen LogP contribution in [0.1, 0.15) is 54.8 Å². The normalized spacial score (nSPS) is 13.6. The summed E-state index contributed by atoms with van der Waals surface area (Å²) >= 11 is -5.13. The number of benzene rings is 4. The minimum absolute atomic E-state index is 0.0517. The van der Waals surface area contributed by atoms with Gasteiger partial charge in [-0.2, -0.15) is 0 Å². The number of rotatable bonds is 14. The van der Waals surface area contributed by atoms with Crippen molar-refractivity contribution in [2.45, 2.75) is 23.3 Å². The monoisotopic (exact) mass is 702 g/mol.